The van der Waals surface area contributed by atoms with Gasteiger partial charge in [0.05, 0.1) is 0 Å². The third kappa shape index (κ3) is 5.50. The molecule has 0 bridgehead atoms. The second-order valence-corrected chi connectivity index (χ2v) is 7.99. The van der Waals surface area contributed by atoms with Gasteiger partial charge in [-0.3, -0.25) is 4.79 Å². The van der Waals surface area contributed by atoms with Gasteiger partial charge in [0.1, 0.15) is 12.4 Å². The molecular formula is C25H19BrN2O4. The Balaban J connectivity index is 1.42. The van der Waals surface area contributed by atoms with Crippen molar-refractivity contribution in [2.45, 2.75) is 13.5 Å². The molecule has 4 rings (SSSR count). The van der Waals surface area contributed by atoms with E-state index >= 15 is 0 Å². The molecule has 0 aliphatic carbocycles. The van der Waals surface area contributed by atoms with Gasteiger partial charge in [-0.15, -0.1) is 0 Å². The van der Waals surface area contributed by atoms with Crippen molar-refractivity contribution >= 4 is 45.5 Å². The van der Waals surface area contributed by atoms with Gasteiger partial charge in [-0.05, 0) is 65.7 Å². The van der Waals surface area contributed by atoms with Crippen molar-refractivity contribution < 1.29 is 19.1 Å². The lowest BCUT2D eigenvalue weighted by Gasteiger charge is -2.06. The third-order valence-corrected chi connectivity index (χ3v) is 5.10. The number of aliphatic imine (C=N–C) groups is 1. The second kappa shape index (κ2) is 9.62. The molecule has 1 N–H and O–H groups in total. The van der Waals surface area contributed by atoms with Crippen LogP contribution in [0.25, 0.3) is 6.08 Å². The number of cyclic esters (lactones) is 1. The maximum Gasteiger partial charge on any atom is 0.363 e. The van der Waals surface area contributed by atoms with Crippen molar-refractivity contribution in [2.24, 2.45) is 4.99 Å². The van der Waals surface area contributed by atoms with E-state index < -0.39 is 5.97 Å². The first kappa shape index (κ1) is 21.5. The van der Waals surface area contributed by atoms with Gasteiger partial charge < -0.3 is 14.8 Å². The van der Waals surface area contributed by atoms with Crippen molar-refractivity contribution in [3.8, 4) is 5.75 Å². The van der Waals surface area contributed by atoms with E-state index in [4.69, 9.17) is 9.47 Å². The van der Waals surface area contributed by atoms with Crippen LogP contribution in [0.1, 0.15) is 23.6 Å². The van der Waals surface area contributed by atoms with Gasteiger partial charge in [0, 0.05) is 22.6 Å². The Labute approximate surface area is 193 Å². The highest BCUT2D eigenvalue weighted by atomic mass is 79.9. The lowest BCUT2D eigenvalue weighted by molar-refractivity contribution is -0.129. The zero-order chi connectivity index (χ0) is 22.5. The second-order valence-electron chi connectivity index (χ2n) is 7.08. The molecule has 160 valence electrons. The molecule has 0 radical (unpaired) electrons. The number of esters is 1. The van der Waals surface area contributed by atoms with E-state index in [1.807, 2.05) is 48.5 Å². The summed E-state index contributed by atoms with van der Waals surface area (Å²) in [4.78, 5) is 27.7. The van der Waals surface area contributed by atoms with Crippen LogP contribution in [0.2, 0.25) is 0 Å². The number of hydrogen-bond donors (Lipinski definition) is 1. The molecular weight excluding hydrogens is 472 g/mol. The van der Waals surface area contributed by atoms with Crippen LogP contribution in [0.15, 0.2) is 88.0 Å². The van der Waals surface area contributed by atoms with Gasteiger partial charge in [0.15, 0.2) is 5.70 Å². The van der Waals surface area contributed by atoms with E-state index in [-0.39, 0.29) is 17.5 Å². The zero-order valence-corrected chi connectivity index (χ0v) is 18.8. The molecule has 0 saturated carbocycles. The maximum absolute atomic E-state index is 12.2. The summed E-state index contributed by atoms with van der Waals surface area (Å²) in [6, 6.07) is 22.3. The highest BCUT2D eigenvalue weighted by molar-refractivity contribution is 9.10. The Morgan fingerprint density at radius 2 is 1.72 bits per heavy atom. The van der Waals surface area contributed by atoms with Crippen LogP contribution < -0.4 is 10.1 Å². The molecule has 3 aromatic carbocycles. The normalized spacial score (nSPS) is 14.1. The van der Waals surface area contributed by atoms with Crippen LogP contribution in [0.3, 0.4) is 0 Å². The first-order valence-corrected chi connectivity index (χ1v) is 10.6. The average Bonchev–Trinajstić information content (AvgIpc) is 3.14. The van der Waals surface area contributed by atoms with Crippen molar-refractivity contribution in [2.75, 3.05) is 5.32 Å². The molecule has 0 unspecified atom stereocenters. The highest BCUT2D eigenvalue weighted by Gasteiger charge is 2.24. The van der Waals surface area contributed by atoms with Crippen molar-refractivity contribution in [3.05, 3.63) is 99.7 Å². The van der Waals surface area contributed by atoms with Gasteiger partial charge in [0.25, 0.3) is 0 Å². The zero-order valence-electron chi connectivity index (χ0n) is 17.2. The standard InChI is InChI=1S/C25H19BrN2O4/c1-16(29)27-21-10-6-19(7-11-21)24-28-23(25(30)32-24)14-17-4-12-22(13-5-17)31-15-18-2-8-20(26)9-3-18/h2-14H,15H2,1H3,(H,27,29)/b23-14-. The first-order chi connectivity index (χ1) is 15.5. The number of anilines is 1. The number of ether oxygens (including phenoxy) is 2. The first-order valence-electron chi connectivity index (χ1n) is 9.84. The third-order valence-electron chi connectivity index (χ3n) is 4.57. The predicted molar refractivity (Wildman–Crippen MR) is 126 cm³/mol. The quantitative estimate of drug-likeness (QED) is 0.374. The molecule has 1 amide bonds. The smallest absolute Gasteiger partial charge is 0.363 e. The minimum absolute atomic E-state index is 0.155. The van der Waals surface area contributed by atoms with E-state index in [0.717, 1.165) is 21.3 Å². The Morgan fingerprint density at radius 1 is 1.03 bits per heavy atom. The van der Waals surface area contributed by atoms with Crippen molar-refractivity contribution in [1.29, 1.82) is 0 Å². The molecule has 0 spiro atoms. The molecule has 6 nitrogen and oxygen atoms in total. The largest absolute Gasteiger partial charge is 0.489 e. The Morgan fingerprint density at radius 3 is 2.38 bits per heavy atom. The summed E-state index contributed by atoms with van der Waals surface area (Å²) in [5, 5.41) is 2.69. The number of carbonyl (C=O) groups excluding carboxylic acids is 2. The number of nitrogens with zero attached hydrogens (tertiary/aromatic N) is 1. The molecule has 0 fully saturated rings. The van der Waals surface area contributed by atoms with Gasteiger partial charge in [-0.25, -0.2) is 9.79 Å². The fraction of sp³-hybridized carbons (Fsp3) is 0.0800. The van der Waals surface area contributed by atoms with Crippen LogP contribution in [0, 0.1) is 0 Å². The predicted octanol–water partition coefficient (Wildman–Crippen LogP) is 5.33. The fourth-order valence-electron chi connectivity index (χ4n) is 3.00. The van der Waals surface area contributed by atoms with Crippen LogP contribution in [0.5, 0.6) is 5.75 Å². The minimum Gasteiger partial charge on any atom is -0.489 e. The van der Waals surface area contributed by atoms with Gasteiger partial charge >= 0.3 is 5.97 Å². The molecule has 1 heterocycles. The molecule has 7 heteroatoms. The molecule has 1 aliphatic rings. The lowest BCUT2D eigenvalue weighted by atomic mass is 10.2. The fourth-order valence-corrected chi connectivity index (χ4v) is 3.26. The van der Waals surface area contributed by atoms with Crippen molar-refractivity contribution in [3.63, 3.8) is 0 Å². The number of carbonyl (C=O) groups is 2. The van der Waals surface area contributed by atoms with E-state index in [9.17, 15) is 9.59 Å². The molecule has 0 aromatic heterocycles. The summed E-state index contributed by atoms with van der Waals surface area (Å²) in [7, 11) is 0. The van der Waals surface area contributed by atoms with E-state index in [0.29, 0.717) is 17.9 Å². The minimum atomic E-state index is -0.512. The summed E-state index contributed by atoms with van der Waals surface area (Å²) >= 11 is 3.41. The van der Waals surface area contributed by atoms with Gasteiger partial charge in [-0.2, -0.15) is 0 Å². The van der Waals surface area contributed by atoms with Crippen LogP contribution in [0.4, 0.5) is 5.69 Å². The maximum atomic E-state index is 12.2. The number of nitrogens with one attached hydrogen (secondary N) is 1. The number of benzene rings is 3. The van der Waals surface area contributed by atoms with Crippen LogP contribution >= 0.6 is 15.9 Å². The van der Waals surface area contributed by atoms with E-state index in [1.165, 1.54) is 6.92 Å². The summed E-state index contributed by atoms with van der Waals surface area (Å²) in [6.45, 7) is 1.91. The SMILES string of the molecule is CC(=O)Nc1ccc(C2=N/C(=C\c3ccc(OCc4ccc(Br)cc4)cc3)C(=O)O2)cc1. The van der Waals surface area contributed by atoms with Crippen LogP contribution in [-0.4, -0.2) is 17.8 Å². The molecule has 32 heavy (non-hydrogen) atoms. The van der Waals surface area contributed by atoms with Crippen LogP contribution in [-0.2, 0) is 20.9 Å². The summed E-state index contributed by atoms with van der Waals surface area (Å²) < 4.78 is 12.1. The monoisotopic (exact) mass is 490 g/mol. The van der Waals surface area contributed by atoms with Gasteiger partial charge in [-0.1, -0.05) is 40.2 Å². The average molecular weight is 491 g/mol. The Hall–Kier alpha value is -3.71. The Kier molecular flexibility index (Phi) is 6.47. The number of amides is 1. The van der Waals surface area contributed by atoms with E-state index in [1.54, 1.807) is 30.3 Å². The number of halogens is 1. The summed E-state index contributed by atoms with van der Waals surface area (Å²) in [5.41, 5.74) is 3.39. The molecule has 1 aliphatic heterocycles. The van der Waals surface area contributed by atoms with E-state index in [2.05, 4.69) is 26.2 Å². The molecule has 3 aromatic rings. The number of hydrogen-bond acceptors (Lipinski definition) is 5. The summed E-state index contributed by atoms with van der Waals surface area (Å²) in [6.07, 6.45) is 1.67. The number of rotatable bonds is 6. The molecule has 0 atom stereocenters. The highest BCUT2D eigenvalue weighted by Crippen LogP contribution is 2.22. The van der Waals surface area contributed by atoms with Gasteiger partial charge in [0.2, 0.25) is 11.8 Å². The Bertz CT molecular complexity index is 1200. The lowest BCUT2D eigenvalue weighted by Crippen LogP contribution is -2.07. The van der Waals surface area contributed by atoms with Crippen molar-refractivity contribution in [1.82, 2.24) is 0 Å². The summed E-state index contributed by atoms with van der Waals surface area (Å²) in [5.74, 6) is 0.288. The topological polar surface area (TPSA) is 77.0 Å². The molecule has 0 saturated heterocycles.